The Morgan fingerprint density at radius 2 is 1.81 bits per heavy atom. The molecule has 5 nitrogen and oxygen atoms in total. The van der Waals surface area contributed by atoms with Gasteiger partial charge in [0.2, 0.25) is 11.8 Å². The molecule has 0 aliphatic rings. The molecule has 5 heteroatoms. The minimum atomic E-state index is -0.974. The predicted molar refractivity (Wildman–Crippen MR) is 58.6 cm³/mol. The molecule has 16 heavy (non-hydrogen) atoms. The maximum Gasteiger partial charge on any atom is 0.249 e. The van der Waals surface area contributed by atoms with Crippen LogP contribution in [0.25, 0.3) is 0 Å². The van der Waals surface area contributed by atoms with Crippen molar-refractivity contribution in [2.24, 2.45) is 11.5 Å². The van der Waals surface area contributed by atoms with E-state index in [2.05, 4.69) is 0 Å². The van der Waals surface area contributed by atoms with Gasteiger partial charge >= 0.3 is 0 Å². The minimum Gasteiger partial charge on any atom is -0.392 e. The molecule has 1 aromatic rings. The zero-order valence-corrected chi connectivity index (χ0v) is 8.88. The largest absolute Gasteiger partial charge is 0.392 e. The number of primary amides is 2. The SMILES string of the molecule is C[C@@H](O)[C@@H](C(N)=O)c1ccccc1C(N)=O. The number of aliphatic hydroxyl groups is 1. The molecule has 2 amide bonds. The first-order valence-electron chi connectivity index (χ1n) is 4.81. The number of hydrogen-bond donors (Lipinski definition) is 3. The number of carbonyl (C=O) groups is 2. The van der Waals surface area contributed by atoms with Gasteiger partial charge in [0.25, 0.3) is 0 Å². The molecule has 0 unspecified atom stereocenters. The number of nitrogens with two attached hydrogens (primary N) is 2. The van der Waals surface area contributed by atoms with E-state index in [0.29, 0.717) is 5.56 Å². The number of hydrogen-bond acceptors (Lipinski definition) is 3. The lowest BCUT2D eigenvalue weighted by molar-refractivity contribution is -0.121. The second-order valence-electron chi connectivity index (χ2n) is 3.57. The minimum absolute atomic E-state index is 0.201. The van der Waals surface area contributed by atoms with E-state index in [1.54, 1.807) is 18.2 Å². The number of aliphatic hydroxyl groups excluding tert-OH is 1. The van der Waals surface area contributed by atoms with E-state index >= 15 is 0 Å². The zero-order chi connectivity index (χ0) is 12.3. The van der Waals surface area contributed by atoms with Crippen LogP contribution in [0.4, 0.5) is 0 Å². The van der Waals surface area contributed by atoms with Gasteiger partial charge in [-0.3, -0.25) is 9.59 Å². The fourth-order valence-corrected chi connectivity index (χ4v) is 1.64. The highest BCUT2D eigenvalue weighted by atomic mass is 16.3. The molecule has 0 spiro atoms. The lowest BCUT2D eigenvalue weighted by Gasteiger charge is -2.18. The average molecular weight is 222 g/mol. The third-order valence-electron chi connectivity index (χ3n) is 2.35. The molecule has 0 fully saturated rings. The number of rotatable bonds is 4. The highest BCUT2D eigenvalue weighted by molar-refractivity contribution is 5.96. The third kappa shape index (κ3) is 2.38. The van der Waals surface area contributed by atoms with Crippen molar-refractivity contribution in [3.05, 3.63) is 35.4 Å². The molecule has 1 aromatic carbocycles. The molecular weight excluding hydrogens is 208 g/mol. The van der Waals surface area contributed by atoms with Crippen molar-refractivity contribution < 1.29 is 14.7 Å². The molecule has 86 valence electrons. The van der Waals surface area contributed by atoms with Crippen LogP contribution in [-0.2, 0) is 4.79 Å². The maximum absolute atomic E-state index is 11.2. The molecule has 0 heterocycles. The summed E-state index contributed by atoms with van der Waals surface area (Å²) in [5.74, 6) is -2.27. The van der Waals surface area contributed by atoms with Gasteiger partial charge in [-0.05, 0) is 18.6 Å². The number of benzene rings is 1. The van der Waals surface area contributed by atoms with E-state index in [4.69, 9.17) is 11.5 Å². The summed E-state index contributed by atoms with van der Waals surface area (Å²) < 4.78 is 0. The molecule has 0 aromatic heterocycles. The van der Waals surface area contributed by atoms with Gasteiger partial charge in [-0.25, -0.2) is 0 Å². The van der Waals surface area contributed by atoms with Crippen LogP contribution in [0.5, 0.6) is 0 Å². The van der Waals surface area contributed by atoms with Crippen LogP contribution in [0, 0.1) is 0 Å². The van der Waals surface area contributed by atoms with Crippen molar-refractivity contribution in [3.63, 3.8) is 0 Å². The summed E-state index contributed by atoms with van der Waals surface area (Å²) in [7, 11) is 0. The monoisotopic (exact) mass is 222 g/mol. The van der Waals surface area contributed by atoms with E-state index in [-0.39, 0.29) is 5.56 Å². The first-order chi connectivity index (χ1) is 7.45. The number of amides is 2. The fourth-order valence-electron chi connectivity index (χ4n) is 1.64. The van der Waals surface area contributed by atoms with Crippen LogP contribution in [-0.4, -0.2) is 23.0 Å². The first kappa shape index (κ1) is 12.2. The van der Waals surface area contributed by atoms with Gasteiger partial charge in [0.05, 0.1) is 12.0 Å². The van der Waals surface area contributed by atoms with Crippen LogP contribution in [0.3, 0.4) is 0 Å². The second-order valence-corrected chi connectivity index (χ2v) is 3.57. The summed E-state index contributed by atoms with van der Waals surface area (Å²) in [4.78, 5) is 22.4. The van der Waals surface area contributed by atoms with E-state index < -0.39 is 23.8 Å². The summed E-state index contributed by atoms with van der Waals surface area (Å²) in [5.41, 5.74) is 10.9. The van der Waals surface area contributed by atoms with Gasteiger partial charge < -0.3 is 16.6 Å². The summed E-state index contributed by atoms with van der Waals surface area (Å²) in [6.45, 7) is 1.44. The summed E-state index contributed by atoms with van der Waals surface area (Å²) in [5, 5.41) is 9.49. The van der Waals surface area contributed by atoms with Crippen LogP contribution >= 0.6 is 0 Å². The Morgan fingerprint density at radius 1 is 1.25 bits per heavy atom. The van der Waals surface area contributed by atoms with Gasteiger partial charge in [0, 0.05) is 5.56 Å². The lowest BCUT2D eigenvalue weighted by Crippen LogP contribution is -2.31. The van der Waals surface area contributed by atoms with E-state index in [1.807, 2.05) is 0 Å². The van der Waals surface area contributed by atoms with Crippen LogP contribution in [0.15, 0.2) is 24.3 Å². The molecular formula is C11H14N2O3. The van der Waals surface area contributed by atoms with Gasteiger partial charge in [-0.2, -0.15) is 0 Å². The van der Waals surface area contributed by atoms with Crippen molar-refractivity contribution in [1.29, 1.82) is 0 Å². The molecule has 2 atom stereocenters. The Hall–Kier alpha value is -1.88. The van der Waals surface area contributed by atoms with Gasteiger partial charge in [-0.1, -0.05) is 18.2 Å². The van der Waals surface area contributed by atoms with E-state index in [0.717, 1.165) is 0 Å². The molecule has 0 aliphatic heterocycles. The van der Waals surface area contributed by atoms with Crippen LogP contribution in [0.1, 0.15) is 28.8 Å². The molecule has 0 saturated heterocycles. The van der Waals surface area contributed by atoms with Crippen molar-refractivity contribution in [3.8, 4) is 0 Å². The Balaban J connectivity index is 3.29. The third-order valence-corrected chi connectivity index (χ3v) is 2.35. The Bertz CT molecular complexity index is 415. The standard InChI is InChI=1S/C11H14N2O3/c1-6(14)9(11(13)16)7-4-2-3-5-8(7)10(12)15/h2-6,9,14H,1H3,(H2,12,15)(H2,13,16)/t6-,9-/m1/s1. The number of carbonyl (C=O) groups excluding carboxylic acids is 2. The normalized spacial score (nSPS) is 14.1. The maximum atomic E-state index is 11.2. The Kier molecular flexibility index (Phi) is 3.63. The Morgan fingerprint density at radius 3 is 2.25 bits per heavy atom. The van der Waals surface area contributed by atoms with Crippen LogP contribution in [0.2, 0.25) is 0 Å². The molecule has 5 N–H and O–H groups in total. The second kappa shape index (κ2) is 4.76. The zero-order valence-electron chi connectivity index (χ0n) is 8.88. The fraction of sp³-hybridized carbons (Fsp3) is 0.273. The lowest BCUT2D eigenvalue weighted by atomic mass is 9.89. The summed E-state index contributed by atoms with van der Waals surface area (Å²) >= 11 is 0. The topological polar surface area (TPSA) is 106 Å². The van der Waals surface area contributed by atoms with Gasteiger partial charge in [-0.15, -0.1) is 0 Å². The predicted octanol–water partition coefficient (Wildman–Crippen LogP) is -0.265. The average Bonchev–Trinajstić information content (AvgIpc) is 2.17. The molecule has 0 radical (unpaired) electrons. The quantitative estimate of drug-likeness (QED) is 0.653. The summed E-state index contributed by atoms with van der Waals surface area (Å²) in [6, 6.07) is 6.34. The van der Waals surface area contributed by atoms with Crippen molar-refractivity contribution in [1.82, 2.24) is 0 Å². The van der Waals surface area contributed by atoms with Crippen LogP contribution < -0.4 is 11.5 Å². The molecule has 0 bridgehead atoms. The highest BCUT2D eigenvalue weighted by Gasteiger charge is 2.26. The summed E-state index contributed by atoms with van der Waals surface area (Å²) in [6.07, 6.45) is -0.974. The van der Waals surface area contributed by atoms with Crippen molar-refractivity contribution in [2.45, 2.75) is 18.9 Å². The van der Waals surface area contributed by atoms with E-state index in [1.165, 1.54) is 13.0 Å². The highest BCUT2D eigenvalue weighted by Crippen LogP contribution is 2.23. The van der Waals surface area contributed by atoms with E-state index in [9.17, 15) is 14.7 Å². The smallest absolute Gasteiger partial charge is 0.249 e. The van der Waals surface area contributed by atoms with Gasteiger partial charge in [0.1, 0.15) is 0 Å². The van der Waals surface area contributed by atoms with Crippen molar-refractivity contribution >= 4 is 11.8 Å². The Labute approximate surface area is 93.1 Å². The molecule has 0 aliphatic carbocycles. The van der Waals surface area contributed by atoms with Gasteiger partial charge in [0.15, 0.2) is 0 Å². The van der Waals surface area contributed by atoms with Crippen molar-refractivity contribution in [2.75, 3.05) is 0 Å². The molecule has 1 rings (SSSR count). The molecule has 0 saturated carbocycles. The first-order valence-corrected chi connectivity index (χ1v) is 4.81.